The summed E-state index contributed by atoms with van der Waals surface area (Å²) in [6.45, 7) is 1.83. The highest BCUT2D eigenvalue weighted by Gasteiger charge is 2.60. The van der Waals surface area contributed by atoms with E-state index in [1.807, 2.05) is 25.1 Å². The summed E-state index contributed by atoms with van der Waals surface area (Å²) >= 11 is 4.84. The number of ether oxygens (including phenoxy) is 1. The Morgan fingerprint density at radius 1 is 1.20 bits per heavy atom. The molecule has 2 atom stereocenters. The van der Waals surface area contributed by atoms with E-state index < -0.39 is 4.87 Å². The first-order valence-electron chi connectivity index (χ1n) is 7.75. The van der Waals surface area contributed by atoms with Crippen LogP contribution in [0.5, 0.6) is 5.75 Å². The number of hydrogen-bond acceptors (Lipinski definition) is 4. The van der Waals surface area contributed by atoms with Crippen molar-refractivity contribution in [1.29, 1.82) is 0 Å². The van der Waals surface area contributed by atoms with Gasteiger partial charge in [0, 0.05) is 21.4 Å². The first-order chi connectivity index (χ1) is 12.0. The predicted octanol–water partition coefficient (Wildman–Crippen LogP) is 3.73. The summed E-state index contributed by atoms with van der Waals surface area (Å²) in [6, 6.07) is 12.8. The Morgan fingerprint density at radius 2 is 1.92 bits per heavy atom. The lowest BCUT2D eigenvalue weighted by atomic mass is 10.0. The molecule has 0 radical (unpaired) electrons. The molecule has 25 heavy (non-hydrogen) atoms. The number of anilines is 2. The minimum absolute atomic E-state index is 0.0851. The van der Waals surface area contributed by atoms with Gasteiger partial charge >= 0.3 is 0 Å². The summed E-state index contributed by atoms with van der Waals surface area (Å²) in [4.78, 5) is 26.5. The lowest BCUT2D eigenvalue weighted by Gasteiger charge is -2.32. The van der Waals surface area contributed by atoms with Gasteiger partial charge in [-0.3, -0.25) is 14.5 Å². The second kappa shape index (κ2) is 5.78. The molecule has 2 aliphatic rings. The van der Waals surface area contributed by atoms with Crippen molar-refractivity contribution in [2.24, 2.45) is 0 Å². The van der Waals surface area contributed by atoms with Crippen molar-refractivity contribution < 1.29 is 14.3 Å². The van der Waals surface area contributed by atoms with Gasteiger partial charge in [0.25, 0.3) is 5.91 Å². The predicted molar refractivity (Wildman–Crippen MR) is 102 cm³/mol. The fourth-order valence-corrected chi connectivity index (χ4v) is 5.14. The van der Waals surface area contributed by atoms with E-state index in [1.54, 1.807) is 36.3 Å². The van der Waals surface area contributed by atoms with E-state index in [0.717, 1.165) is 15.7 Å². The zero-order valence-electron chi connectivity index (χ0n) is 13.6. The average Bonchev–Trinajstić information content (AvgIpc) is 3.03. The van der Waals surface area contributed by atoms with Gasteiger partial charge in [-0.25, -0.2) is 0 Å². The maximum Gasteiger partial charge on any atom is 0.266 e. The molecule has 7 heteroatoms. The molecule has 2 unspecified atom stereocenters. The van der Waals surface area contributed by atoms with E-state index in [1.165, 1.54) is 11.8 Å². The molecule has 1 N–H and O–H groups in total. The standard InChI is InChI=1S/C18H15BrN2O3S/c1-10-16(22)21(12-4-6-13(24-2)7-5-12)18(25-10)14-9-11(19)3-8-15(14)20-17(18)23/h3-10H,1-2H3,(H,20,23). The monoisotopic (exact) mass is 418 g/mol. The van der Waals surface area contributed by atoms with Crippen LogP contribution >= 0.6 is 27.7 Å². The van der Waals surface area contributed by atoms with Gasteiger partial charge in [0.05, 0.1) is 12.4 Å². The van der Waals surface area contributed by atoms with Crippen molar-refractivity contribution in [3.05, 3.63) is 52.5 Å². The highest BCUT2D eigenvalue weighted by atomic mass is 79.9. The summed E-state index contributed by atoms with van der Waals surface area (Å²) in [7, 11) is 1.59. The Bertz CT molecular complexity index is 886. The Kier molecular flexibility index (Phi) is 3.81. The van der Waals surface area contributed by atoms with Crippen molar-refractivity contribution in [3.8, 4) is 5.75 Å². The molecule has 2 aliphatic heterocycles. The Morgan fingerprint density at radius 3 is 2.60 bits per heavy atom. The van der Waals surface area contributed by atoms with Gasteiger partial charge in [-0.05, 0) is 49.4 Å². The van der Waals surface area contributed by atoms with Crippen LogP contribution in [0, 0.1) is 0 Å². The van der Waals surface area contributed by atoms with E-state index in [2.05, 4.69) is 21.2 Å². The van der Waals surface area contributed by atoms with Crippen LogP contribution in [-0.2, 0) is 14.5 Å². The van der Waals surface area contributed by atoms with Crippen molar-refractivity contribution >= 4 is 50.9 Å². The summed E-state index contributed by atoms with van der Waals surface area (Å²) in [5.41, 5.74) is 2.21. The first kappa shape index (κ1) is 16.5. The summed E-state index contributed by atoms with van der Waals surface area (Å²) in [5.74, 6) is 0.418. The van der Waals surface area contributed by atoms with Crippen molar-refractivity contribution in [1.82, 2.24) is 0 Å². The fourth-order valence-electron chi connectivity index (χ4n) is 3.31. The molecule has 0 aliphatic carbocycles. The molecule has 5 nitrogen and oxygen atoms in total. The van der Waals surface area contributed by atoms with Crippen LogP contribution in [0.2, 0.25) is 0 Å². The Balaban J connectivity index is 1.91. The largest absolute Gasteiger partial charge is 0.497 e. The minimum Gasteiger partial charge on any atom is -0.497 e. The third kappa shape index (κ3) is 2.29. The second-order valence-electron chi connectivity index (χ2n) is 5.92. The number of nitrogens with zero attached hydrogens (tertiary/aromatic N) is 1. The Hall–Kier alpha value is -1.99. The highest BCUT2D eigenvalue weighted by Crippen LogP contribution is 2.56. The summed E-state index contributed by atoms with van der Waals surface area (Å²) in [6.07, 6.45) is 0. The van der Waals surface area contributed by atoms with Crippen molar-refractivity contribution in [2.75, 3.05) is 17.3 Å². The normalized spacial score (nSPS) is 24.6. The number of carbonyl (C=O) groups is 2. The lowest BCUT2D eigenvalue weighted by Crippen LogP contribution is -2.47. The van der Waals surface area contributed by atoms with Gasteiger partial charge < -0.3 is 10.1 Å². The van der Waals surface area contributed by atoms with Gasteiger partial charge in [-0.1, -0.05) is 15.9 Å². The van der Waals surface area contributed by atoms with Crippen LogP contribution < -0.4 is 15.0 Å². The average molecular weight is 419 g/mol. The van der Waals surface area contributed by atoms with Gasteiger partial charge in [-0.2, -0.15) is 0 Å². The van der Waals surface area contributed by atoms with E-state index in [4.69, 9.17) is 4.74 Å². The molecule has 1 fully saturated rings. The third-order valence-corrected chi connectivity index (χ3v) is 6.44. The molecule has 4 rings (SSSR count). The van der Waals surface area contributed by atoms with Crippen LogP contribution in [0.25, 0.3) is 0 Å². The van der Waals surface area contributed by atoms with Crippen LogP contribution in [0.3, 0.4) is 0 Å². The number of fused-ring (bicyclic) bond motifs is 2. The maximum atomic E-state index is 13.0. The maximum absolute atomic E-state index is 13.0. The zero-order valence-corrected chi connectivity index (χ0v) is 16.0. The topological polar surface area (TPSA) is 58.6 Å². The lowest BCUT2D eigenvalue weighted by molar-refractivity contribution is -0.122. The molecule has 2 heterocycles. The van der Waals surface area contributed by atoms with E-state index in [9.17, 15) is 9.59 Å². The van der Waals surface area contributed by atoms with Crippen LogP contribution in [0.1, 0.15) is 12.5 Å². The van der Waals surface area contributed by atoms with Crippen LogP contribution in [0.15, 0.2) is 46.9 Å². The smallest absolute Gasteiger partial charge is 0.266 e. The van der Waals surface area contributed by atoms with Gasteiger partial charge in [0.15, 0.2) is 0 Å². The molecule has 1 saturated heterocycles. The third-order valence-electron chi connectivity index (χ3n) is 4.46. The van der Waals surface area contributed by atoms with Gasteiger partial charge in [0.1, 0.15) is 5.75 Å². The number of halogens is 1. The number of carbonyl (C=O) groups excluding carboxylic acids is 2. The zero-order chi connectivity index (χ0) is 17.8. The molecule has 1 spiro atoms. The summed E-state index contributed by atoms with van der Waals surface area (Å²) < 4.78 is 6.06. The number of methoxy groups -OCH3 is 1. The Labute approximate surface area is 157 Å². The van der Waals surface area contributed by atoms with E-state index in [-0.39, 0.29) is 17.1 Å². The molecule has 2 amide bonds. The van der Waals surface area contributed by atoms with E-state index >= 15 is 0 Å². The van der Waals surface area contributed by atoms with Crippen LogP contribution in [-0.4, -0.2) is 24.2 Å². The molecule has 2 aromatic rings. The number of benzene rings is 2. The number of amides is 2. The number of nitrogens with one attached hydrogen (secondary N) is 1. The van der Waals surface area contributed by atoms with Gasteiger partial charge in [-0.15, -0.1) is 11.8 Å². The minimum atomic E-state index is -1.09. The van der Waals surface area contributed by atoms with Crippen molar-refractivity contribution in [2.45, 2.75) is 17.0 Å². The van der Waals surface area contributed by atoms with Crippen molar-refractivity contribution in [3.63, 3.8) is 0 Å². The molecule has 2 aromatic carbocycles. The van der Waals surface area contributed by atoms with Crippen LogP contribution in [0.4, 0.5) is 11.4 Å². The van der Waals surface area contributed by atoms with E-state index in [0.29, 0.717) is 11.4 Å². The molecule has 0 aromatic heterocycles. The number of hydrogen-bond donors (Lipinski definition) is 1. The number of rotatable bonds is 2. The first-order valence-corrected chi connectivity index (χ1v) is 9.42. The van der Waals surface area contributed by atoms with Gasteiger partial charge in [0.2, 0.25) is 10.8 Å². The summed E-state index contributed by atoms with van der Waals surface area (Å²) in [5, 5.41) is 2.60. The quantitative estimate of drug-likeness (QED) is 0.806. The molecule has 0 bridgehead atoms. The molecule has 0 saturated carbocycles. The molecular formula is C18H15BrN2O3S. The molecular weight excluding hydrogens is 404 g/mol. The highest BCUT2D eigenvalue weighted by molar-refractivity contribution is 9.10. The number of thioether (sulfide) groups is 1. The second-order valence-corrected chi connectivity index (χ2v) is 8.37. The molecule has 128 valence electrons. The SMILES string of the molecule is COc1ccc(N2C(=O)C(C)SC23C(=O)Nc2ccc(Br)cc23)cc1. The fraction of sp³-hybridized carbons (Fsp3) is 0.222.